The number of carbonyl (C=O) groups excluding carboxylic acids is 3. The summed E-state index contributed by atoms with van der Waals surface area (Å²) in [5.74, 6) is -0.772. The molecule has 2 aromatic carbocycles. The van der Waals surface area contributed by atoms with Crippen molar-refractivity contribution in [2.75, 3.05) is 19.0 Å². The van der Waals surface area contributed by atoms with Gasteiger partial charge in [-0.05, 0) is 23.1 Å². The van der Waals surface area contributed by atoms with Gasteiger partial charge < -0.3 is 15.0 Å². The third-order valence-corrected chi connectivity index (χ3v) is 7.07. The second-order valence-corrected chi connectivity index (χ2v) is 9.12. The molecule has 1 aromatic heterocycles. The maximum atomic E-state index is 13.2. The van der Waals surface area contributed by atoms with E-state index in [0.29, 0.717) is 30.1 Å². The molecule has 1 aliphatic rings. The second kappa shape index (κ2) is 10.0. The van der Waals surface area contributed by atoms with Crippen molar-refractivity contribution in [1.29, 1.82) is 0 Å². The van der Waals surface area contributed by atoms with Gasteiger partial charge in [0.25, 0.3) is 0 Å². The molecule has 2 heterocycles. The van der Waals surface area contributed by atoms with E-state index < -0.39 is 5.97 Å². The molecule has 0 aliphatic carbocycles. The molecule has 2 amide bonds. The van der Waals surface area contributed by atoms with Crippen LogP contribution in [0.2, 0.25) is 0 Å². The molecule has 7 heteroatoms. The third-order valence-electron chi connectivity index (χ3n) is 5.94. The third kappa shape index (κ3) is 4.98. The number of hydrogen-bond acceptors (Lipinski definition) is 5. The summed E-state index contributed by atoms with van der Waals surface area (Å²) in [6.07, 6.45) is 0.791. The molecule has 0 saturated carbocycles. The first kappa shape index (κ1) is 22.7. The molecule has 170 valence electrons. The number of fused-ring (bicyclic) bond motifs is 1. The van der Waals surface area contributed by atoms with Crippen LogP contribution in [-0.4, -0.2) is 36.3 Å². The van der Waals surface area contributed by atoms with Gasteiger partial charge in [-0.15, -0.1) is 11.3 Å². The van der Waals surface area contributed by atoms with E-state index in [1.165, 1.54) is 25.4 Å². The molecular weight excluding hydrogens is 436 g/mol. The minimum atomic E-state index is -0.471. The van der Waals surface area contributed by atoms with E-state index in [0.717, 1.165) is 21.6 Å². The highest BCUT2D eigenvalue weighted by atomic mass is 32.1. The Bertz CT molecular complexity index is 1120. The second-order valence-electron chi connectivity index (χ2n) is 8.02. The van der Waals surface area contributed by atoms with Crippen LogP contribution in [0.5, 0.6) is 0 Å². The van der Waals surface area contributed by atoms with Crippen molar-refractivity contribution in [3.8, 4) is 0 Å². The Hall–Kier alpha value is -3.45. The molecule has 6 nitrogen and oxygen atoms in total. The molecular formula is C26H26N2O4S. The number of amides is 2. The molecule has 0 atom stereocenters. The first-order valence-electron chi connectivity index (χ1n) is 10.9. The zero-order valence-corrected chi connectivity index (χ0v) is 19.5. The molecule has 0 fully saturated rings. The fraction of sp³-hybridized carbons (Fsp3) is 0.269. The Balaban J connectivity index is 1.61. The van der Waals surface area contributed by atoms with E-state index in [1.54, 1.807) is 4.90 Å². The van der Waals surface area contributed by atoms with E-state index in [4.69, 9.17) is 4.74 Å². The molecule has 0 spiro atoms. The number of nitrogens with zero attached hydrogens (tertiary/aromatic N) is 1. The number of thiophene rings is 1. The molecule has 1 N–H and O–H groups in total. The lowest BCUT2D eigenvalue weighted by Crippen LogP contribution is -2.33. The Morgan fingerprint density at radius 2 is 1.64 bits per heavy atom. The van der Waals surface area contributed by atoms with Gasteiger partial charge >= 0.3 is 5.97 Å². The highest BCUT2D eigenvalue weighted by molar-refractivity contribution is 7.17. The lowest BCUT2D eigenvalue weighted by atomic mass is 9.88. The minimum absolute atomic E-state index is 0.00665. The summed E-state index contributed by atoms with van der Waals surface area (Å²) in [6, 6.07) is 19.8. The zero-order valence-electron chi connectivity index (χ0n) is 18.7. The van der Waals surface area contributed by atoms with Gasteiger partial charge in [0, 0.05) is 30.7 Å². The maximum absolute atomic E-state index is 13.2. The minimum Gasteiger partial charge on any atom is -0.465 e. The fourth-order valence-electron chi connectivity index (χ4n) is 4.24. The van der Waals surface area contributed by atoms with Crippen LogP contribution in [0, 0.1) is 0 Å². The van der Waals surface area contributed by atoms with Crippen LogP contribution in [0.1, 0.15) is 51.2 Å². The number of nitrogens with one attached hydrogen (secondary N) is 1. The van der Waals surface area contributed by atoms with Crippen LogP contribution in [0.4, 0.5) is 5.00 Å². The van der Waals surface area contributed by atoms with Crippen LogP contribution < -0.4 is 5.32 Å². The van der Waals surface area contributed by atoms with E-state index in [-0.39, 0.29) is 24.2 Å². The van der Waals surface area contributed by atoms with Crippen LogP contribution >= 0.6 is 11.3 Å². The highest BCUT2D eigenvalue weighted by Crippen LogP contribution is 2.38. The Kier molecular flexibility index (Phi) is 6.89. The molecule has 33 heavy (non-hydrogen) atoms. The van der Waals surface area contributed by atoms with Crippen molar-refractivity contribution in [2.24, 2.45) is 0 Å². The van der Waals surface area contributed by atoms with Crippen molar-refractivity contribution < 1.29 is 19.1 Å². The maximum Gasteiger partial charge on any atom is 0.341 e. The summed E-state index contributed by atoms with van der Waals surface area (Å²) in [5.41, 5.74) is 3.37. The Morgan fingerprint density at radius 3 is 2.18 bits per heavy atom. The number of methoxy groups -OCH3 is 1. The number of esters is 1. The number of carbonyl (C=O) groups is 3. The summed E-state index contributed by atoms with van der Waals surface area (Å²) < 4.78 is 5.01. The molecule has 0 radical (unpaired) electrons. The fourth-order valence-corrected chi connectivity index (χ4v) is 5.51. The van der Waals surface area contributed by atoms with Crippen LogP contribution in [-0.2, 0) is 27.3 Å². The molecule has 1 aliphatic heterocycles. The van der Waals surface area contributed by atoms with Crippen molar-refractivity contribution in [3.63, 3.8) is 0 Å². The summed E-state index contributed by atoms with van der Waals surface area (Å²) in [7, 11) is 1.34. The lowest BCUT2D eigenvalue weighted by Gasteiger charge is -2.25. The number of benzene rings is 2. The van der Waals surface area contributed by atoms with E-state index in [9.17, 15) is 14.4 Å². The molecule has 0 bridgehead atoms. The average molecular weight is 463 g/mol. The quantitative estimate of drug-likeness (QED) is 0.543. The van der Waals surface area contributed by atoms with Crippen LogP contribution in [0.25, 0.3) is 0 Å². The standard InChI is InChI=1S/C26H26N2O4S/c1-17(29)28-14-13-20-22(16-28)33-25(24(20)26(31)32-2)27-23(30)15-21(18-9-5-3-6-10-18)19-11-7-4-8-12-19/h3-12,21H,13-16H2,1-2H3,(H,27,30). The monoisotopic (exact) mass is 462 g/mol. The predicted octanol–water partition coefficient (Wildman–Crippen LogP) is 4.60. The number of hydrogen-bond donors (Lipinski definition) is 1. The summed E-state index contributed by atoms with van der Waals surface area (Å²) in [6.45, 7) is 2.52. The first-order valence-corrected chi connectivity index (χ1v) is 11.7. The van der Waals surface area contributed by atoms with E-state index in [2.05, 4.69) is 5.32 Å². The van der Waals surface area contributed by atoms with Crippen molar-refractivity contribution in [2.45, 2.75) is 32.2 Å². The van der Waals surface area contributed by atoms with E-state index >= 15 is 0 Å². The molecule has 0 unspecified atom stereocenters. The normalized spacial score (nSPS) is 12.9. The van der Waals surface area contributed by atoms with Gasteiger partial charge in [-0.25, -0.2) is 4.79 Å². The van der Waals surface area contributed by atoms with Gasteiger partial charge in [0.2, 0.25) is 11.8 Å². The topological polar surface area (TPSA) is 75.7 Å². The van der Waals surface area contributed by atoms with Gasteiger partial charge in [-0.3, -0.25) is 9.59 Å². The number of ether oxygens (including phenoxy) is 1. The van der Waals surface area contributed by atoms with Crippen molar-refractivity contribution >= 4 is 34.1 Å². The lowest BCUT2D eigenvalue weighted by molar-refractivity contribution is -0.129. The average Bonchev–Trinajstić information content (AvgIpc) is 3.20. The van der Waals surface area contributed by atoms with Crippen LogP contribution in [0.3, 0.4) is 0 Å². The zero-order chi connectivity index (χ0) is 23.4. The Morgan fingerprint density at radius 1 is 1.03 bits per heavy atom. The first-order chi connectivity index (χ1) is 16.0. The van der Waals surface area contributed by atoms with Gasteiger partial charge in [0.1, 0.15) is 5.00 Å². The summed E-state index contributed by atoms with van der Waals surface area (Å²) in [4.78, 5) is 40.3. The number of rotatable bonds is 6. The van der Waals surface area contributed by atoms with Crippen molar-refractivity contribution in [1.82, 2.24) is 4.90 Å². The van der Waals surface area contributed by atoms with E-state index in [1.807, 2.05) is 60.7 Å². The van der Waals surface area contributed by atoms with Gasteiger partial charge in [-0.1, -0.05) is 60.7 Å². The highest BCUT2D eigenvalue weighted by Gasteiger charge is 2.30. The van der Waals surface area contributed by atoms with Gasteiger partial charge in [0.05, 0.1) is 19.2 Å². The molecule has 4 rings (SSSR count). The largest absolute Gasteiger partial charge is 0.465 e. The van der Waals surface area contributed by atoms with Crippen LogP contribution in [0.15, 0.2) is 60.7 Å². The summed E-state index contributed by atoms with van der Waals surface area (Å²) in [5, 5.41) is 3.46. The van der Waals surface area contributed by atoms with Gasteiger partial charge in [-0.2, -0.15) is 0 Å². The Labute approximate surface area is 197 Å². The summed E-state index contributed by atoms with van der Waals surface area (Å²) >= 11 is 1.35. The number of anilines is 1. The molecule has 0 saturated heterocycles. The smallest absolute Gasteiger partial charge is 0.341 e. The van der Waals surface area contributed by atoms with Crippen molar-refractivity contribution in [3.05, 3.63) is 87.8 Å². The molecule has 3 aromatic rings. The predicted molar refractivity (Wildman–Crippen MR) is 128 cm³/mol. The SMILES string of the molecule is COC(=O)c1c(NC(=O)CC(c2ccccc2)c2ccccc2)sc2c1CCN(C(C)=O)C2. The van der Waals surface area contributed by atoms with Gasteiger partial charge in [0.15, 0.2) is 0 Å².